The zero-order chi connectivity index (χ0) is 32.9. The van der Waals surface area contributed by atoms with Crippen LogP contribution < -0.4 is 10.5 Å². The fourth-order valence-electron chi connectivity index (χ4n) is 4.30. The van der Waals surface area contributed by atoms with Crippen LogP contribution in [0.4, 0.5) is 30.7 Å². The Labute approximate surface area is 244 Å². The fourth-order valence-corrected chi connectivity index (χ4v) is 6.85. The predicted molar refractivity (Wildman–Crippen MR) is 140 cm³/mol. The lowest BCUT2D eigenvalue weighted by Crippen LogP contribution is -2.61. The third-order valence-corrected chi connectivity index (χ3v) is 10.1. The molecule has 3 heterocycles. The van der Waals surface area contributed by atoms with Gasteiger partial charge in [0.15, 0.2) is 12.4 Å². The Morgan fingerprint density at radius 1 is 1.09 bits per heavy atom. The molecule has 0 radical (unpaired) electrons. The van der Waals surface area contributed by atoms with Crippen LogP contribution in [0.2, 0.25) is 0 Å². The van der Waals surface area contributed by atoms with E-state index in [1.165, 1.54) is 26.0 Å². The Hall–Kier alpha value is -4.29. The van der Waals surface area contributed by atoms with Gasteiger partial charge < -0.3 is 19.7 Å². The highest BCUT2D eigenvalue weighted by Crippen LogP contribution is 2.46. The molecule has 4 rings (SSSR count). The van der Waals surface area contributed by atoms with Crippen molar-refractivity contribution in [3.63, 3.8) is 0 Å². The van der Waals surface area contributed by atoms with E-state index in [2.05, 4.69) is 29.2 Å². The minimum absolute atomic E-state index is 0.0260. The van der Waals surface area contributed by atoms with E-state index in [9.17, 15) is 35.3 Å². The molecule has 0 bridgehead atoms. The van der Waals surface area contributed by atoms with Crippen LogP contribution in [0.3, 0.4) is 0 Å². The number of nitrogens with zero attached hydrogens (tertiary/aromatic N) is 5. The van der Waals surface area contributed by atoms with Crippen molar-refractivity contribution in [2.45, 2.75) is 48.8 Å². The summed E-state index contributed by atoms with van der Waals surface area (Å²) in [6.07, 6.45) is -8.08. The predicted octanol–water partition coefficient (Wildman–Crippen LogP) is 4.77. The van der Waals surface area contributed by atoms with Gasteiger partial charge in [-0.15, -0.1) is 0 Å². The van der Waals surface area contributed by atoms with Crippen molar-refractivity contribution in [2.75, 3.05) is 13.7 Å². The van der Waals surface area contributed by atoms with Crippen LogP contribution in [0.25, 0.3) is 22.7 Å². The summed E-state index contributed by atoms with van der Waals surface area (Å²) in [5.74, 6) is -4.50. The number of halogens is 7. The van der Waals surface area contributed by atoms with Gasteiger partial charge in [-0.2, -0.15) is 26.3 Å². The number of ether oxygens (including phenoxy) is 2. The van der Waals surface area contributed by atoms with E-state index in [1.54, 1.807) is 0 Å². The van der Waals surface area contributed by atoms with E-state index >= 15 is 4.39 Å². The Balaban J connectivity index is 1.77. The lowest BCUT2D eigenvalue weighted by Gasteiger charge is -2.45. The minimum atomic E-state index is -5.49. The Morgan fingerprint density at radius 3 is 2.34 bits per heavy atom. The van der Waals surface area contributed by atoms with Gasteiger partial charge in [-0.05, 0) is 39.0 Å². The van der Waals surface area contributed by atoms with Crippen LogP contribution in [-0.2, 0) is 24.8 Å². The first-order valence-corrected chi connectivity index (χ1v) is 13.9. The average molecular weight is 653 g/mol. The first-order chi connectivity index (χ1) is 20.2. The monoisotopic (exact) mass is 652 g/mol. The summed E-state index contributed by atoms with van der Waals surface area (Å²) in [7, 11) is -2.97. The third-order valence-electron chi connectivity index (χ3n) is 6.75. The fraction of sp³-hybridized carbons (Fsp3) is 0.400. The number of esters is 1. The average Bonchev–Trinajstić information content (AvgIpc) is 3.43. The summed E-state index contributed by atoms with van der Waals surface area (Å²) in [5.41, 5.74) is 1.31. The van der Waals surface area contributed by atoms with Crippen molar-refractivity contribution in [1.29, 1.82) is 0 Å². The van der Waals surface area contributed by atoms with Crippen LogP contribution in [-0.4, -0.2) is 67.3 Å². The standard InChI is InChI=1S/C25H23F7N6O5S/c1-22(2)19(33)37-23(3,21(44(22,40)34-4)42-20(39)25(30,31)32)13-7-12(5-6-14(13)26)17-8-15(38-43-17)16-9-36-18(10-35-16)41-11-24(27,28)29/h5-10,21H,11H2,1-4H3,(H2,33,37)/t21?,23-,44+/m1/s1. The van der Waals surface area contributed by atoms with Crippen molar-refractivity contribution in [3.05, 3.63) is 48.0 Å². The number of carbonyl (C=O) groups is 1. The lowest BCUT2D eigenvalue weighted by molar-refractivity contribution is -0.203. The van der Waals surface area contributed by atoms with Crippen molar-refractivity contribution in [2.24, 2.45) is 15.1 Å². The van der Waals surface area contributed by atoms with Gasteiger partial charge in [0.1, 0.15) is 43.1 Å². The summed E-state index contributed by atoms with van der Waals surface area (Å²) in [6, 6.07) is 4.57. The molecule has 0 spiro atoms. The molecule has 0 saturated carbocycles. The lowest BCUT2D eigenvalue weighted by atomic mass is 9.90. The zero-order valence-electron chi connectivity index (χ0n) is 23.2. The Kier molecular flexibility index (Phi) is 8.16. The maximum absolute atomic E-state index is 15.4. The number of amidine groups is 1. The van der Waals surface area contributed by atoms with Crippen molar-refractivity contribution < 1.29 is 53.7 Å². The molecule has 2 N–H and O–H groups in total. The molecule has 2 aromatic heterocycles. The number of aromatic nitrogens is 3. The smallest absolute Gasteiger partial charge is 0.467 e. The molecular weight excluding hydrogens is 629 g/mol. The molecule has 19 heteroatoms. The molecule has 0 fully saturated rings. The molecule has 11 nitrogen and oxygen atoms in total. The van der Waals surface area contributed by atoms with E-state index in [0.29, 0.717) is 0 Å². The first kappa shape index (κ1) is 32.6. The van der Waals surface area contributed by atoms with Gasteiger partial charge in [0.2, 0.25) is 11.3 Å². The largest absolute Gasteiger partial charge is 0.490 e. The molecular formula is C25H23F7N6O5S. The van der Waals surface area contributed by atoms with Crippen molar-refractivity contribution in [3.8, 4) is 28.6 Å². The molecule has 1 aliphatic heterocycles. The number of hydrogen-bond donors (Lipinski definition) is 1. The van der Waals surface area contributed by atoms with Gasteiger partial charge >= 0.3 is 18.3 Å². The van der Waals surface area contributed by atoms with Crippen molar-refractivity contribution in [1.82, 2.24) is 15.1 Å². The second-order valence-corrected chi connectivity index (χ2v) is 13.0. The van der Waals surface area contributed by atoms with Gasteiger partial charge in [0, 0.05) is 24.2 Å². The second kappa shape index (κ2) is 11.0. The van der Waals surface area contributed by atoms with Gasteiger partial charge in [-0.3, -0.25) is 4.99 Å². The van der Waals surface area contributed by atoms with Gasteiger partial charge in [0.05, 0.1) is 12.4 Å². The van der Waals surface area contributed by atoms with Gasteiger partial charge in [-0.1, -0.05) is 5.16 Å². The van der Waals surface area contributed by atoms with E-state index in [0.717, 1.165) is 38.5 Å². The highest BCUT2D eigenvalue weighted by molar-refractivity contribution is 7.96. The maximum Gasteiger partial charge on any atom is 0.490 e. The summed E-state index contributed by atoms with van der Waals surface area (Å²) in [4.78, 5) is 23.8. The van der Waals surface area contributed by atoms with Crippen LogP contribution in [0, 0.1) is 5.82 Å². The zero-order valence-corrected chi connectivity index (χ0v) is 24.0. The molecule has 0 amide bonds. The van der Waals surface area contributed by atoms with Gasteiger partial charge in [-0.25, -0.2) is 27.7 Å². The van der Waals surface area contributed by atoms with Crippen molar-refractivity contribution >= 4 is 21.5 Å². The number of benzene rings is 1. The molecule has 3 aromatic rings. The molecule has 0 saturated heterocycles. The molecule has 1 aliphatic rings. The first-order valence-electron chi connectivity index (χ1n) is 12.3. The normalized spacial score (nSPS) is 23.5. The number of hydrogen-bond acceptors (Lipinski definition) is 11. The van der Waals surface area contributed by atoms with Crippen LogP contribution in [0.5, 0.6) is 5.88 Å². The molecule has 1 unspecified atom stereocenters. The number of nitrogens with two attached hydrogens (primary N) is 1. The minimum Gasteiger partial charge on any atom is -0.467 e. The van der Waals surface area contributed by atoms with Crippen LogP contribution >= 0.6 is 0 Å². The quantitative estimate of drug-likeness (QED) is 0.293. The molecule has 1 aromatic carbocycles. The number of rotatable bonds is 6. The molecule has 44 heavy (non-hydrogen) atoms. The van der Waals surface area contributed by atoms with Crippen LogP contribution in [0.1, 0.15) is 26.3 Å². The third kappa shape index (κ3) is 5.91. The highest BCUT2D eigenvalue weighted by Gasteiger charge is 2.59. The van der Waals surface area contributed by atoms with E-state index in [1.807, 2.05) is 0 Å². The van der Waals surface area contributed by atoms with E-state index in [4.69, 9.17) is 15.0 Å². The Morgan fingerprint density at radius 2 is 1.77 bits per heavy atom. The second-order valence-electron chi connectivity index (χ2n) is 10.1. The molecule has 238 valence electrons. The summed E-state index contributed by atoms with van der Waals surface area (Å²) in [6.45, 7) is 2.09. The topological polar surface area (TPSA) is 155 Å². The SMILES string of the molecule is CN=[S@]1(=O)C(OC(=O)C(F)(F)F)[C@@](C)(c2cc(-c3cc(-c4cnc(OCC(F)(F)F)cn4)no3)ccc2F)N=C(N)C1(C)C. The number of carbonyl (C=O) groups excluding carboxylic acids is 1. The highest BCUT2D eigenvalue weighted by atomic mass is 32.2. The number of aliphatic imine (C=N–C) groups is 1. The summed E-state index contributed by atoms with van der Waals surface area (Å²) in [5, 5.41) is 3.81. The van der Waals surface area contributed by atoms with Gasteiger partial charge in [0.25, 0.3) is 0 Å². The summed E-state index contributed by atoms with van der Waals surface area (Å²) >= 11 is 0. The Bertz CT molecular complexity index is 1730. The van der Waals surface area contributed by atoms with Crippen LogP contribution in [0.15, 0.2) is 50.5 Å². The molecule has 3 atom stereocenters. The van der Waals surface area contributed by atoms with E-state index < -0.39 is 67.6 Å². The maximum atomic E-state index is 15.4. The van der Waals surface area contributed by atoms with E-state index in [-0.39, 0.29) is 28.5 Å². The summed E-state index contributed by atoms with van der Waals surface area (Å²) < 4.78 is 123. The number of alkyl halides is 6. The molecule has 0 aliphatic carbocycles.